The minimum absolute atomic E-state index is 0.0175. The van der Waals surface area contributed by atoms with E-state index in [9.17, 15) is 14.4 Å². The number of alkyl carbamates (subject to hydrolysis) is 1. The Balaban J connectivity index is 0.936. The second-order valence-corrected chi connectivity index (χ2v) is 17.2. The van der Waals surface area contributed by atoms with Crippen molar-refractivity contribution in [3.8, 4) is 22.4 Å². The summed E-state index contributed by atoms with van der Waals surface area (Å²) < 4.78 is 4.81. The molecule has 3 amide bonds. The van der Waals surface area contributed by atoms with E-state index in [2.05, 4.69) is 80.8 Å². The van der Waals surface area contributed by atoms with Crippen molar-refractivity contribution in [2.24, 2.45) is 11.8 Å². The Bertz CT molecular complexity index is 2760. The van der Waals surface area contributed by atoms with Crippen LogP contribution in [0.15, 0.2) is 103 Å². The maximum atomic E-state index is 13.8. The highest BCUT2D eigenvalue weighted by atomic mass is 16.5. The van der Waals surface area contributed by atoms with Gasteiger partial charge in [0.2, 0.25) is 11.8 Å². The molecule has 7 aromatic rings. The van der Waals surface area contributed by atoms with Crippen LogP contribution in [0, 0.1) is 11.8 Å². The lowest BCUT2D eigenvalue weighted by Crippen LogP contribution is -2.52. The fourth-order valence-electron chi connectivity index (χ4n) is 9.75. The van der Waals surface area contributed by atoms with E-state index in [0.29, 0.717) is 24.7 Å². The van der Waals surface area contributed by atoms with Crippen LogP contribution in [0.4, 0.5) is 4.79 Å². The number of hydrogen-bond donors (Lipinski definition) is 3. The number of ether oxygens (including phenoxy) is 1. The lowest BCUT2D eigenvalue weighted by Gasteiger charge is -2.34. The Morgan fingerprint density at radius 1 is 0.869 bits per heavy atom. The van der Waals surface area contributed by atoms with Crippen LogP contribution < -0.4 is 5.32 Å². The van der Waals surface area contributed by atoms with Crippen molar-refractivity contribution < 1.29 is 19.1 Å². The molecule has 1 saturated carbocycles. The van der Waals surface area contributed by atoms with Crippen LogP contribution in [0.2, 0.25) is 0 Å². The summed E-state index contributed by atoms with van der Waals surface area (Å²) in [7, 11) is 1.30. The topological polar surface area (TPSA) is 136 Å². The monoisotopic (exact) mass is 815 g/mol. The Morgan fingerprint density at radius 2 is 1.57 bits per heavy atom. The van der Waals surface area contributed by atoms with E-state index in [4.69, 9.17) is 14.7 Å². The Kier molecular flexibility index (Phi) is 10.8. The van der Waals surface area contributed by atoms with Crippen LogP contribution in [0.3, 0.4) is 0 Å². The zero-order valence-electron chi connectivity index (χ0n) is 35.4. The van der Waals surface area contributed by atoms with Gasteiger partial charge in [0.15, 0.2) is 0 Å². The zero-order valence-corrected chi connectivity index (χ0v) is 35.4. The minimum atomic E-state index is -0.722. The Morgan fingerprint density at radius 3 is 2.31 bits per heavy atom. The fraction of sp³-hybridized carbons (Fsp3) is 0.340. The number of aromatic nitrogens is 4. The van der Waals surface area contributed by atoms with Gasteiger partial charge in [-0.2, -0.15) is 0 Å². The average Bonchev–Trinajstić information content (AvgIpc) is 4.11. The van der Waals surface area contributed by atoms with E-state index in [0.717, 1.165) is 92.0 Å². The largest absolute Gasteiger partial charge is 0.453 e. The first-order valence-corrected chi connectivity index (χ1v) is 21.6. The van der Waals surface area contributed by atoms with Crippen molar-refractivity contribution >= 4 is 50.5 Å². The second-order valence-electron chi connectivity index (χ2n) is 17.2. The quantitative estimate of drug-likeness (QED) is 0.112. The molecule has 2 aromatic heterocycles. The van der Waals surface area contributed by atoms with Crippen molar-refractivity contribution in [1.29, 1.82) is 0 Å². The lowest BCUT2D eigenvalue weighted by atomic mass is 9.97. The van der Waals surface area contributed by atoms with Gasteiger partial charge in [0.05, 0.1) is 48.5 Å². The lowest BCUT2D eigenvalue weighted by molar-refractivity contribution is -0.137. The molecule has 5 atom stereocenters. The third kappa shape index (κ3) is 7.62. The van der Waals surface area contributed by atoms with E-state index in [1.165, 1.54) is 7.11 Å². The van der Waals surface area contributed by atoms with Gasteiger partial charge in [0, 0.05) is 23.5 Å². The summed E-state index contributed by atoms with van der Waals surface area (Å²) in [4.78, 5) is 60.6. The van der Waals surface area contributed by atoms with E-state index in [-0.39, 0.29) is 35.9 Å². The SMILES string of the molecule is CCCN(C(=O)[C@@H](NC(=O)OC)C(C)C)[C@@H](C)c1nc2c(ccc3cc(-c4ccc5cc(-c6cnc([C@@H]7[C@H]8CC[C@H](C8)N7C(=O)Cc7ccccc7)[nH]6)ccc5c4)ccc32)[nH]1. The number of likely N-dealkylation sites (tertiary alicyclic amines) is 1. The van der Waals surface area contributed by atoms with Gasteiger partial charge < -0.3 is 29.8 Å². The summed E-state index contributed by atoms with van der Waals surface area (Å²) in [6, 6.07) is 32.9. The van der Waals surface area contributed by atoms with Crippen molar-refractivity contribution in [1.82, 2.24) is 35.1 Å². The van der Waals surface area contributed by atoms with Crippen LogP contribution in [0.25, 0.3) is 55.0 Å². The minimum Gasteiger partial charge on any atom is -0.453 e. The molecule has 0 unspecified atom stereocenters. The van der Waals surface area contributed by atoms with Crippen LogP contribution in [0.1, 0.15) is 82.7 Å². The molecule has 1 aliphatic heterocycles. The molecule has 0 radical (unpaired) electrons. The second kappa shape index (κ2) is 16.5. The number of amides is 3. The number of nitrogens with one attached hydrogen (secondary N) is 3. The normalized spacial score (nSPS) is 18.3. The van der Waals surface area contributed by atoms with Gasteiger partial charge in [-0.15, -0.1) is 0 Å². The third-order valence-corrected chi connectivity index (χ3v) is 12.9. The highest BCUT2D eigenvalue weighted by molar-refractivity contribution is 6.05. The number of carbonyl (C=O) groups excluding carboxylic acids is 3. The van der Waals surface area contributed by atoms with Crippen LogP contribution >= 0.6 is 0 Å². The van der Waals surface area contributed by atoms with Crippen molar-refractivity contribution in [2.45, 2.75) is 84.0 Å². The molecular formula is C50H53N7O4. The molecule has 2 aliphatic rings. The van der Waals surface area contributed by atoms with E-state index >= 15 is 0 Å². The molecule has 3 N–H and O–H groups in total. The number of carbonyl (C=O) groups is 3. The van der Waals surface area contributed by atoms with Gasteiger partial charge in [-0.3, -0.25) is 9.59 Å². The van der Waals surface area contributed by atoms with Crippen molar-refractivity contribution in [3.05, 3.63) is 120 Å². The van der Waals surface area contributed by atoms with Crippen molar-refractivity contribution in [2.75, 3.05) is 13.7 Å². The molecule has 1 aliphatic carbocycles. The first-order chi connectivity index (χ1) is 29.6. The van der Waals surface area contributed by atoms with E-state index in [1.807, 2.05) is 70.3 Å². The number of H-pyrrole nitrogens is 2. The van der Waals surface area contributed by atoms with Gasteiger partial charge in [-0.25, -0.2) is 14.8 Å². The van der Waals surface area contributed by atoms with Gasteiger partial charge in [0.1, 0.15) is 17.7 Å². The maximum Gasteiger partial charge on any atom is 0.407 e. The molecule has 2 fully saturated rings. The highest BCUT2D eigenvalue weighted by Crippen LogP contribution is 2.50. The number of imidazole rings is 2. The molecule has 312 valence electrons. The maximum absolute atomic E-state index is 13.8. The van der Waals surface area contributed by atoms with E-state index in [1.54, 1.807) is 4.90 Å². The summed E-state index contributed by atoms with van der Waals surface area (Å²) in [5.41, 5.74) is 7.03. The molecule has 11 nitrogen and oxygen atoms in total. The molecule has 0 spiro atoms. The fourth-order valence-corrected chi connectivity index (χ4v) is 9.75. The molecule has 1 saturated heterocycles. The number of methoxy groups -OCH3 is 1. The number of piperidine rings is 1. The molecule has 11 heteroatoms. The van der Waals surface area contributed by atoms with E-state index < -0.39 is 12.1 Å². The third-order valence-electron chi connectivity index (χ3n) is 12.9. The predicted octanol–water partition coefficient (Wildman–Crippen LogP) is 9.90. The summed E-state index contributed by atoms with van der Waals surface area (Å²) >= 11 is 0. The molecule has 3 heterocycles. The van der Waals surface area contributed by atoms with Crippen LogP contribution in [0.5, 0.6) is 0 Å². The Hall–Kier alpha value is -6.49. The molecule has 9 rings (SSSR count). The van der Waals surface area contributed by atoms with Gasteiger partial charge >= 0.3 is 6.09 Å². The van der Waals surface area contributed by atoms with Gasteiger partial charge in [-0.1, -0.05) is 93.6 Å². The number of rotatable bonds is 12. The van der Waals surface area contributed by atoms with Crippen LogP contribution in [-0.4, -0.2) is 73.4 Å². The van der Waals surface area contributed by atoms with Crippen molar-refractivity contribution in [3.63, 3.8) is 0 Å². The number of hydrogen-bond acceptors (Lipinski definition) is 6. The van der Waals surface area contributed by atoms with Gasteiger partial charge in [0.25, 0.3) is 0 Å². The number of nitrogens with zero attached hydrogens (tertiary/aromatic N) is 4. The summed E-state index contributed by atoms with van der Waals surface area (Å²) in [5.74, 6) is 1.89. The van der Waals surface area contributed by atoms with Crippen LogP contribution in [-0.2, 0) is 20.7 Å². The standard InChI is InChI=1S/C50H53N7O4/c1-6-22-56(49(59)44(29(2)3)55-50(60)61-5)30(4)47-52-41-21-18-36-25-35(17-20-40(36)45(41)54-47)32-12-13-34-26-37(15-14-33(34)24-32)42-28-51-48(53-42)46-38-16-19-39(27-38)57(46)43(58)23-31-10-8-7-9-11-31/h7-15,17-18,20-21,24-26,28-30,38-39,44,46H,6,16,19,22-23,27H2,1-5H3,(H,51,53)(H,52,54)(H,55,60)/t30-,38-,39+,44-,46-/m0/s1. The number of aromatic amines is 2. The molecule has 2 bridgehead atoms. The molecule has 5 aromatic carbocycles. The summed E-state index contributed by atoms with van der Waals surface area (Å²) in [6.07, 6.45) is 5.70. The number of fused-ring (bicyclic) bond motifs is 6. The summed E-state index contributed by atoms with van der Waals surface area (Å²) in [6.45, 7) is 8.34. The zero-order chi connectivity index (χ0) is 42.4. The highest BCUT2D eigenvalue weighted by Gasteiger charge is 2.49. The molecular weight excluding hydrogens is 763 g/mol. The first kappa shape index (κ1) is 39.9. The molecule has 61 heavy (non-hydrogen) atoms. The summed E-state index contributed by atoms with van der Waals surface area (Å²) in [5, 5.41) is 7.09. The first-order valence-electron chi connectivity index (χ1n) is 21.6. The predicted molar refractivity (Wildman–Crippen MR) is 240 cm³/mol. The number of benzene rings is 5. The Labute approximate surface area is 355 Å². The smallest absolute Gasteiger partial charge is 0.407 e. The van der Waals surface area contributed by atoms with Gasteiger partial charge in [-0.05, 0) is 102 Å². The average molecular weight is 816 g/mol.